The second-order valence-electron chi connectivity index (χ2n) is 3.03. The molecule has 0 aromatic heterocycles. The average Bonchev–Trinajstić information content (AvgIpc) is 1.62. The lowest BCUT2D eigenvalue weighted by molar-refractivity contribution is 0.173. The van der Waals surface area contributed by atoms with Crippen LogP contribution in [-0.4, -0.2) is 13.1 Å². The second kappa shape index (κ2) is 2.00. The zero-order valence-corrected chi connectivity index (χ0v) is 5.94. The van der Waals surface area contributed by atoms with E-state index in [1.807, 2.05) is 0 Å². The van der Waals surface area contributed by atoms with Gasteiger partial charge in [-0.1, -0.05) is 13.8 Å². The van der Waals surface area contributed by atoms with E-state index in [2.05, 4.69) is 25.2 Å². The lowest BCUT2D eigenvalue weighted by Crippen LogP contribution is -2.55. The number of nitrogens with one attached hydrogen (secondary N) is 1. The van der Waals surface area contributed by atoms with E-state index in [1.165, 1.54) is 0 Å². The lowest BCUT2D eigenvalue weighted by Gasteiger charge is -2.39. The van der Waals surface area contributed by atoms with Gasteiger partial charge in [0.25, 0.3) is 0 Å². The van der Waals surface area contributed by atoms with Crippen molar-refractivity contribution in [3.05, 3.63) is 0 Å². The highest BCUT2D eigenvalue weighted by molar-refractivity contribution is 5.09. The molecule has 0 radical (unpaired) electrons. The number of nitrogens with zero attached hydrogens (tertiary/aromatic N) is 1. The Morgan fingerprint density at radius 2 is 2.11 bits per heavy atom. The van der Waals surface area contributed by atoms with Gasteiger partial charge in [-0.3, -0.25) is 0 Å². The molecule has 0 amide bonds. The minimum Gasteiger partial charge on any atom is -0.313 e. The van der Waals surface area contributed by atoms with E-state index in [-0.39, 0.29) is 5.41 Å². The fourth-order valence-electron chi connectivity index (χ4n) is 1.01. The molecular weight excluding hydrogens is 112 g/mol. The van der Waals surface area contributed by atoms with E-state index in [0.29, 0.717) is 5.92 Å². The molecule has 9 heavy (non-hydrogen) atoms. The average molecular weight is 124 g/mol. The molecule has 2 heteroatoms. The molecule has 0 saturated carbocycles. The Kier molecular flexibility index (Phi) is 1.46. The van der Waals surface area contributed by atoms with E-state index >= 15 is 0 Å². The third-order valence-electron chi connectivity index (χ3n) is 2.21. The van der Waals surface area contributed by atoms with E-state index in [4.69, 9.17) is 5.26 Å². The van der Waals surface area contributed by atoms with Crippen LogP contribution in [0.2, 0.25) is 0 Å². The number of hydrogen-bond donors (Lipinski definition) is 1. The Balaban J connectivity index is 2.60. The van der Waals surface area contributed by atoms with Gasteiger partial charge in [-0.05, 0) is 5.92 Å². The van der Waals surface area contributed by atoms with Crippen LogP contribution in [0.15, 0.2) is 0 Å². The van der Waals surface area contributed by atoms with Crippen LogP contribution in [0.5, 0.6) is 0 Å². The normalized spacial score (nSPS) is 22.9. The molecule has 1 heterocycles. The number of rotatable bonds is 1. The van der Waals surface area contributed by atoms with Crippen molar-refractivity contribution in [2.24, 2.45) is 11.3 Å². The van der Waals surface area contributed by atoms with Gasteiger partial charge in [-0.25, -0.2) is 0 Å². The van der Waals surface area contributed by atoms with Gasteiger partial charge in [0.1, 0.15) is 0 Å². The highest BCUT2D eigenvalue weighted by Gasteiger charge is 2.39. The summed E-state index contributed by atoms with van der Waals surface area (Å²) in [7, 11) is 0. The maximum Gasteiger partial charge on any atom is 0.0844 e. The molecule has 0 unspecified atom stereocenters. The smallest absolute Gasteiger partial charge is 0.0844 e. The Labute approximate surface area is 55.9 Å². The molecule has 1 aliphatic rings. The third kappa shape index (κ3) is 0.818. The zero-order chi connectivity index (χ0) is 6.91. The predicted molar refractivity (Wildman–Crippen MR) is 35.8 cm³/mol. The standard InChI is InChI=1S/C7H12N2/c1-6(2)7(3-8)4-9-5-7/h6,9H,4-5H2,1-2H3. The molecule has 1 N–H and O–H groups in total. The Morgan fingerprint density at radius 1 is 1.56 bits per heavy atom. The molecule has 0 atom stereocenters. The van der Waals surface area contributed by atoms with Gasteiger partial charge in [0, 0.05) is 13.1 Å². The van der Waals surface area contributed by atoms with E-state index < -0.39 is 0 Å². The summed E-state index contributed by atoms with van der Waals surface area (Å²) in [5.74, 6) is 0.490. The largest absolute Gasteiger partial charge is 0.313 e. The minimum atomic E-state index is -0.0417. The molecule has 1 aliphatic heterocycles. The zero-order valence-electron chi connectivity index (χ0n) is 5.94. The molecule has 0 aliphatic carbocycles. The van der Waals surface area contributed by atoms with Gasteiger partial charge in [0.2, 0.25) is 0 Å². The van der Waals surface area contributed by atoms with Crippen molar-refractivity contribution in [3.63, 3.8) is 0 Å². The van der Waals surface area contributed by atoms with Crippen molar-refractivity contribution in [1.82, 2.24) is 5.32 Å². The Bertz CT molecular complexity index is 139. The molecule has 50 valence electrons. The molecule has 1 rings (SSSR count). The summed E-state index contributed by atoms with van der Waals surface area (Å²) in [5.41, 5.74) is -0.0417. The van der Waals surface area contributed by atoms with E-state index in [0.717, 1.165) is 13.1 Å². The maximum absolute atomic E-state index is 8.72. The summed E-state index contributed by atoms with van der Waals surface area (Å²) < 4.78 is 0. The molecular formula is C7H12N2. The van der Waals surface area contributed by atoms with Gasteiger partial charge in [0.15, 0.2) is 0 Å². The lowest BCUT2D eigenvalue weighted by atomic mass is 9.74. The summed E-state index contributed by atoms with van der Waals surface area (Å²) >= 11 is 0. The van der Waals surface area contributed by atoms with Crippen molar-refractivity contribution in [2.75, 3.05) is 13.1 Å². The molecule has 1 fully saturated rings. The Morgan fingerprint density at radius 3 is 2.11 bits per heavy atom. The van der Waals surface area contributed by atoms with Crippen LogP contribution in [0.3, 0.4) is 0 Å². The van der Waals surface area contributed by atoms with Crippen molar-refractivity contribution in [2.45, 2.75) is 13.8 Å². The fourth-order valence-corrected chi connectivity index (χ4v) is 1.01. The number of nitriles is 1. The van der Waals surface area contributed by atoms with Gasteiger partial charge < -0.3 is 5.32 Å². The minimum absolute atomic E-state index is 0.0417. The first kappa shape index (κ1) is 6.57. The quantitative estimate of drug-likeness (QED) is 0.560. The maximum atomic E-state index is 8.72. The first-order valence-corrected chi connectivity index (χ1v) is 3.33. The van der Waals surface area contributed by atoms with Crippen LogP contribution in [-0.2, 0) is 0 Å². The molecule has 1 saturated heterocycles. The summed E-state index contributed by atoms with van der Waals surface area (Å²) in [6.45, 7) is 5.95. The highest BCUT2D eigenvalue weighted by atomic mass is 15.0. The van der Waals surface area contributed by atoms with Crippen LogP contribution < -0.4 is 5.32 Å². The van der Waals surface area contributed by atoms with Gasteiger partial charge >= 0.3 is 0 Å². The Hall–Kier alpha value is -0.550. The second-order valence-corrected chi connectivity index (χ2v) is 3.03. The first-order chi connectivity index (χ1) is 4.21. The first-order valence-electron chi connectivity index (χ1n) is 3.33. The van der Waals surface area contributed by atoms with Crippen molar-refractivity contribution in [3.8, 4) is 6.07 Å². The summed E-state index contributed by atoms with van der Waals surface area (Å²) in [6, 6.07) is 2.35. The highest BCUT2D eigenvalue weighted by Crippen LogP contribution is 2.30. The number of hydrogen-bond acceptors (Lipinski definition) is 2. The van der Waals surface area contributed by atoms with Crippen molar-refractivity contribution < 1.29 is 0 Å². The predicted octanol–water partition coefficient (Wildman–Crippen LogP) is 0.756. The molecule has 0 bridgehead atoms. The van der Waals surface area contributed by atoms with Crippen molar-refractivity contribution >= 4 is 0 Å². The third-order valence-corrected chi connectivity index (χ3v) is 2.21. The molecule has 2 nitrogen and oxygen atoms in total. The van der Waals surface area contributed by atoms with Crippen LogP contribution in [0.25, 0.3) is 0 Å². The molecule has 0 spiro atoms. The van der Waals surface area contributed by atoms with Crippen LogP contribution >= 0.6 is 0 Å². The summed E-state index contributed by atoms with van der Waals surface area (Å²) in [4.78, 5) is 0. The SMILES string of the molecule is CC(C)C1(C#N)CNC1. The van der Waals surface area contributed by atoms with Crippen LogP contribution in [0, 0.1) is 22.7 Å². The van der Waals surface area contributed by atoms with E-state index in [9.17, 15) is 0 Å². The van der Waals surface area contributed by atoms with Gasteiger partial charge in [-0.2, -0.15) is 5.26 Å². The molecule has 0 aromatic rings. The van der Waals surface area contributed by atoms with Gasteiger partial charge in [0.05, 0.1) is 11.5 Å². The summed E-state index contributed by atoms with van der Waals surface area (Å²) in [5, 5.41) is 11.8. The monoisotopic (exact) mass is 124 g/mol. The topological polar surface area (TPSA) is 35.8 Å². The fraction of sp³-hybridized carbons (Fsp3) is 0.857. The van der Waals surface area contributed by atoms with Crippen LogP contribution in [0.4, 0.5) is 0 Å². The van der Waals surface area contributed by atoms with Gasteiger partial charge in [-0.15, -0.1) is 0 Å². The van der Waals surface area contributed by atoms with Crippen LogP contribution in [0.1, 0.15) is 13.8 Å². The molecule has 0 aromatic carbocycles. The van der Waals surface area contributed by atoms with E-state index in [1.54, 1.807) is 0 Å². The van der Waals surface area contributed by atoms with Crippen molar-refractivity contribution in [1.29, 1.82) is 5.26 Å². The summed E-state index contributed by atoms with van der Waals surface area (Å²) in [6.07, 6.45) is 0.